The van der Waals surface area contributed by atoms with Crippen molar-refractivity contribution in [2.45, 2.75) is 25.8 Å². The second-order valence-electron chi connectivity index (χ2n) is 7.81. The number of pyridine rings is 1. The Morgan fingerprint density at radius 3 is 2.62 bits per heavy atom. The maximum atomic E-state index is 12.8. The number of benzene rings is 2. The molecule has 1 aliphatic rings. The van der Waals surface area contributed by atoms with E-state index >= 15 is 0 Å². The van der Waals surface area contributed by atoms with Crippen molar-refractivity contribution in [3.63, 3.8) is 0 Å². The van der Waals surface area contributed by atoms with E-state index in [1.165, 1.54) is 18.9 Å². The first-order chi connectivity index (χ1) is 15.5. The van der Waals surface area contributed by atoms with E-state index in [0.717, 1.165) is 24.5 Å². The van der Waals surface area contributed by atoms with Crippen LogP contribution in [0, 0.1) is 10.1 Å². The molecule has 0 radical (unpaired) electrons. The fourth-order valence-electron chi connectivity index (χ4n) is 3.84. The number of nitro groups is 1. The van der Waals surface area contributed by atoms with Crippen molar-refractivity contribution < 1.29 is 9.72 Å². The molecule has 1 amide bonds. The van der Waals surface area contributed by atoms with Crippen molar-refractivity contribution in [3.05, 3.63) is 88.2 Å². The van der Waals surface area contributed by atoms with Gasteiger partial charge in [0.1, 0.15) is 5.69 Å². The van der Waals surface area contributed by atoms with Gasteiger partial charge in [0.25, 0.3) is 11.6 Å². The van der Waals surface area contributed by atoms with E-state index in [2.05, 4.69) is 20.5 Å². The number of hydrogen-bond donors (Lipinski definition) is 2. The van der Waals surface area contributed by atoms with E-state index in [1.54, 1.807) is 18.3 Å². The molecule has 164 valence electrons. The molecule has 8 heteroatoms. The van der Waals surface area contributed by atoms with E-state index in [4.69, 9.17) is 0 Å². The number of rotatable bonds is 7. The minimum Gasteiger partial charge on any atom is -0.371 e. The molecule has 1 aliphatic heterocycles. The quantitative estimate of drug-likeness (QED) is 0.403. The van der Waals surface area contributed by atoms with E-state index in [-0.39, 0.29) is 17.3 Å². The molecule has 0 spiro atoms. The highest BCUT2D eigenvalue weighted by molar-refractivity contribution is 6.05. The zero-order chi connectivity index (χ0) is 22.5. The third-order valence-electron chi connectivity index (χ3n) is 5.54. The Hall–Kier alpha value is -3.94. The molecule has 0 bridgehead atoms. The lowest BCUT2D eigenvalue weighted by molar-refractivity contribution is -0.384. The van der Waals surface area contributed by atoms with Crippen LogP contribution in [0.3, 0.4) is 0 Å². The Morgan fingerprint density at radius 1 is 1.09 bits per heavy atom. The van der Waals surface area contributed by atoms with Gasteiger partial charge in [-0.05, 0) is 62.2 Å². The molecule has 2 aromatic carbocycles. The van der Waals surface area contributed by atoms with Gasteiger partial charge in [-0.25, -0.2) is 0 Å². The van der Waals surface area contributed by atoms with Gasteiger partial charge in [0.05, 0.1) is 16.7 Å². The summed E-state index contributed by atoms with van der Waals surface area (Å²) in [7, 11) is 0. The average molecular weight is 431 g/mol. The highest BCUT2D eigenvalue weighted by Gasteiger charge is 2.20. The van der Waals surface area contributed by atoms with Crippen molar-refractivity contribution in [1.82, 2.24) is 4.98 Å². The summed E-state index contributed by atoms with van der Waals surface area (Å²) >= 11 is 0. The first-order valence-corrected chi connectivity index (χ1v) is 10.6. The number of hydrogen-bond acceptors (Lipinski definition) is 6. The lowest BCUT2D eigenvalue weighted by Crippen LogP contribution is -2.18. The molecule has 0 aliphatic carbocycles. The molecule has 1 unspecified atom stereocenters. The van der Waals surface area contributed by atoms with Crippen LogP contribution in [-0.4, -0.2) is 28.9 Å². The third kappa shape index (κ3) is 4.85. The summed E-state index contributed by atoms with van der Waals surface area (Å²) in [6.07, 6.45) is 4.01. The molecular formula is C24H25N5O3. The van der Waals surface area contributed by atoms with Gasteiger partial charge in [0.2, 0.25) is 0 Å². The van der Waals surface area contributed by atoms with E-state index in [9.17, 15) is 14.9 Å². The number of anilines is 3. The number of nitrogens with one attached hydrogen (secondary N) is 2. The molecule has 0 saturated carbocycles. The van der Waals surface area contributed by atoms with Gasteiger partial charge >= 0.3 is 0 Å². The lowest BCUT2D eigenvalue weighted by Gasteiger charge is -2.18. The van der Waals surface area contributed by atoms with Crippen molar-refractivity contribution in [1.29, 1.82) is 0 Å². The van der Waals surface area contributed by atoms with Crippen molar-refractivity contribution in [2.75, 3.05) is 28.6 Å². The van der Waals surface area contributed by atoms with Crippen LogP contribution in [0.5, 0.6) is 0 Å². The van der Waals surface area contributed by atoms with Gasteiger partial charge in [-0.2, -0.15) is 0 Å². The Morgan fingerprint density at radius 2 is 1.91 bits per heavy atom. The van der Waals surface area contributed by atoms with Crippen molar-refractivity contribution in [2.24, 2.45) is 0 Å². The topological polar surface area (TPSA) is 100 Å². The van der Waals surface area contributed by atoms with Crippen LogP contribution >= 0.6 is 0 Å². The molecule has 3 aromatic rings. The fraction of sp³-hybridized carbons (Fsp3) is 0.250. The van der Waals surface area contributed by atoms with Gasteiger partial charge in [-0.15, -0.1) is 0 Å². The average Bonchev–Trinajstić information content (AvgIpc) is 3.35. The van der Waals surface area contributed by atoms with Crippen LogP contribution in [0.15, 0.2) is 66.9 Å². The number of nitro benzene ring substituents is 1. The first-order valence-electron chi connectivity index (χ1n) is 10.6. The van der Waals surface area contributed by atoms with Gasteiger partial charge in [0, 0.05) is 42.3 Å². The van der Waals surface area contributed by atoms with Gasteiger partial charge in [0.15, 0.2) is 0 Å². The number of carbonyl (C=O) groups excluding carboxylic acids is 1. The number of amides is 1. The summed E-state index contributed by atoms with van der Waals surface area (Å²) in [6, 6.07) is 17.4. The van der Waals surface area contributed by atoms with Gasteiger partial charge < -0.3 is 15.5 Å². The van der Waals surface area contributed by atoms with Crippen LogP contribution in [0.1, 0.15) is 41.9 Å². The smallest absolute Gasteiger partial charge is 0.293 e. The number of carbonyl (C=O) groups is 1. The van der Waals surface area contributed by atoms with Crippen molar-refractivity contribution in [3.8, 4) is 0 Å². The monoisotopic (exact) mass is 431 g/mol. The molecular weight excluding hydrogens is 406 g/mol. The molecule has 1 aromatic heterocycles. The van der Waals surface area contributed by atoms with E-state index in [0.29, 0.717) is 11.4 Å². The Kier molecular flexibility index (Phi) is 6.30. The molecule has 2 heterocycles. The van der Waals surface area contributed by atoms with Crippen LogP contribution < -0.4 is 15.5 Å². The maximum Gasteiger partial charge on any atom is 0.293 e. The summed E-state index contributed by atoms with van der Waals surface area (Å²) < 4.78 is 0. The molecule has 1 saturated heterocycles. The molecule has 8 nitrogen and oxygen atoms in total. The summed E-state index contributed by atoms with van der Waals surface area (Å²) in [4.78, 5) is 30.5. The number of nitrogens with zero attached hydrogens (tertiary/aromatic N) is 3. The molecule has 1 fully saturated rings. The summed E-state index contributed by atoms with van der Waals surface area (Å²) in [5.41, 5.74) is 2.88. The van der Waals surface area contributed by atoms with E-state index < -0.39 is 10.8 Å². The second kappa shape index (κ2) is 9.47. The van der Waals surface area contributed by atoms with Gasteiger partial charge in [-0.1, -0.05) is 12.1 Å². The molecule has 1 atom stereocenters. The minimum absolute atomic E-state index is 0.161. The zero-order valence-electron chi connectivity index (χ0n) is 17.8. The SMILES string of the molecule is CC(Nc1ccc(C(=O)Nc2cccc(N3CCCC3)c2)cc1[N+](=O)[O-])c1ccccn1. The Bertz CT molecular complexity index is 1110. The summed E-state index contributed by atoms with van der Waals surface area (Å²) in [5, 5.41) is 17.7. The predicted octanol–water partition coefficient (Wildman–Crippen LogP) is 5.02. The van der Waals surface area contributed by atoms with Crippen LogP contribution in [-0.2, 0) is 0 Å². The van der Waals surface area contributed by atoms with Crippen LogP contribution in [0.4, 0.5) is 22.7 Å². The predicted molar refractivity (Wildman–Crippen MR) is 125 cm³/mol. The third-order valence-corrected chi connectivity index (χ3v) is 5.54. The first kappa shape index (κ1) is 21.3. The largest absolute Gasteiger partial charge is 0.371 e. The molecule has 2 N–H and O–H groups in total. The maximum absolute atomic E-state index is 12.8. The number of aromatic nitrogens is 1. The van der Waals surface area contributed by atoms with E-state index in [1.807, 2.05) is 49.4 Å². The standard InChI is InChI=1S/C24H25N5O3/c1-17(21-9-2-3-12-25-21)26-22-11-10-18(15-23(22)29(31)32)24(30)27-19-7-6-8-20(16-19)28-13-4-5-14-28/h2-3,6-12,15-17,26H,4-5,13-14H2,1H3,(H,27,30). The lowest BCUT2D eigenvalue weighted by atomic mass is 10.1. The second-order valence-corrected chi connectivity index (χ2v) is 7.81. The highest BCUT2D eigenvalue weighted by atomic mass is 16.6. The molecule has 4 rings (SSSR count). The normalized spacial score (nSPS) is 14.1. The van der Waals surface area contributed by atoms with Crippen LogP contribution in [0.2, 0.25) is 0 Å². The fourth-order valence-corrected chi connectivity index (χ4v) is 3.84. The minimum atomic E-state index is -0.488. The molecule has 32 heavy (non-hydrogen) atoms. The Labute approximate surface area is 186 Å². The Balaban J connectivity index is 1.51. The highest BCUT2D eigenvalue weighted by Crippen LogP contribution is 2.29. The van der Waals surface area contributed by atoms with Crippen LogP contribution in [0.25, 0.3) is 0 Å². The summed E-state index contributed by atoms with van der Waals surface area (Å²) in [5.74, 6) is -0.393. The zero-order valence-corrected chi connectivity index (χ0v) is 17.8. The summed E-state index contributed by atoms with van der Waals surface area (Å²) in [6.45, 7) is 3.89. The van der Waals surface area contributed by atoms with Gasteiger partial charge in [-0.3, -0.25) is 19.9 Å². The van der Waals surface area contributed by atoms with Crippen molar-refractivity contribution >= 4 is 28.7 Å².